The Hall–Kier alpha value is -2.32. The quantitative estimate of drug-likeness (QED) is 0.0436. The Morgan fingerprint density at radius 2 is 1.43 bits per heavy atom. The Bertz CT molecular complexity index is 1060. The number of aliphatic hydroxyl groups excluding tert-OH is 1. The SMILES string of the molecule is CCCCCCCC/C=C\CCCCCCCC(=O)N[C@H](CO[P+](O)(O)O)Cc1ccc(OCc2cccc(CO)c2)cc1. The molecule has 0 fully saturated rings. The molecule has 0 saturated heterocycles. The Morgan fingerprint density at radius 1 is 0.818 bits per heavy atom. The highest BCUT2D eigenvalue weighted by molar-refractivity contribution is 7.53. The van der Waals surface area contributed by atoms with Crippen molar-refractivity contribution in [2.24, 2.45) is 0 Å². The van der Waals surface area contributed by atoms with E-state index in [0.29, 0.717) is 25.2 Å². The molecule has 0 aliphatic heterocycles. The van der Waals surface area contributed by atoms with Crippen molar-refractivity contribution in [1.82, 2.24) is 5.32 Å². The third kappa shape index (κ3) is 19.1. The van der Waals surface area contributed by atoms with Crippen LogP contribution in [-0.4, -0.2) is 38.3 Å². The molecule has 0 aromatic heterocycles. The fraction of sp³-hybridized carbons (Fsp3) is 0.571. The number of aliphatic hydroxyl groups is 1. The first-order valence-electron chi connectivity index (χ1n) is 16.4. The summed E-state index contributed by atoms with van der Waals surface area (Å²) in [6.45, 7) is 2.37. The van der Waals surface area contributed by atoms with Crippen molar-refractivity contribution in [3.63, 3.8) is 0 Å². The summed E-state index contributed by atoms with van der Waals surface area (Å²) in [5.74, 6) is 0.550. The number of allylic oxidation sites excluding steroid dienone is 2. The van der Waals surface area contributed by atoms with Crippen LogP contribution >= 0.6 is 8.17 Å². The van der Waals surface area contributed by atoms with Crippen LogP contribution in [0, 0.1) is 0 Å². The third-order valence-corrected chi connectivity index (χ3v) is 7.96. The molecule has 0 radical (unpaired) electrons. The van der Waals surface area contributed by atoms with Gasteiger partial charge in [0.15, 0.2) is 0 Å². The molecular formula is C35H55NO7P+. The molecule has 246 valence electrons. The van der Waals surface area contributed by atoms with Crippen molar-refractivity contribution in [2.75, 3.05) is 6.61 Å². The first-order valence-corrected chi connectivity index (χ1v) is 17.9. The highest BCUT2D eigenvalue weighted by Gasteiger charge is 2.34. The Morgan fingerprint density at radius 3 is 2.07 bits per heavy atom. The van der Waals surface area contributed by atoms with Gasteiger partial charge in [0.1, 0.15) is 19.0 Å². The van der Waals surface area contributed by atoms with Crippen molar-refractivity contribution >= 4 is 14.1 Å². The molecule has 9 heteroatoms. The lowest BCUT2D eigenvalue weighted by Crippen LogP contribution is -2.39. The molecule has 0 saturated carbocycles. The van der Waals surface area contributed by atoms with Crippen molar-refractivity contribution in [3.05, 3.63) is 77.4 Å². The maximum atomic E-state index is 12.6. The molecule has 1 amide bonds. The zero-order chi connectivity index (χ0) is 31.9. The number of ether oxygens (including phenoxy) is 1. The minimum absolute atomic E-state index is 0.0204. The van der Waals surface area contributed by atoms with Gasteiger partial charge in [-0.25, -0.2) is 0 Å². The van der Waals surface area contributed by atoms with Crippen LogP contribution < -0.4 is 10.1 Å². The maximum Gasteiger partial charge on any atom is 0.567 e. The summed E-state index contributed by atoms with van der Waals surface area (Å²) < 4.78 is 10.7. The van der Waals surface area contributed by atoms with Gasteiger partial charge in [-0.15, -0.1) is 0 Å². The average Bonchev–Trinajstić information content (AvgIpc) is 3.01. The van der Waals surface area contributed by atoms with Crippen molar-refractivity contribution in [1.29, 1.82) is 0 Å². The fourth-order valence-corrected chi connectivity index (χ4v) is 5.37. The van der Waals surface area contributed by atoms with Crippen LogP contribution in [0.2, 0.25) is 0 Å². The predicted octanol–water partition coefficient (Wildman–Crippen LogP) is 7.49. The van der Waals surface area contributed by atoms with Crippen LogP contribution in [0.25, 0.3) is 0 Å². The second kappa shape index (κ2) is 23.1. The Kier molecular flexibility index (Phi) is 19.9. The number of benzene rings is 2. The number of rotatable bonds is 25. The average molecular weight is 633 g/mol. The summed E-state index contributed by atoms with van der Waals surface area (Å²) in [7, 11) is -4.42. The van der Waals surface area contributed by atoms with E-state index in [2.05, 4.69) is 24.4 Å². The van der Waals surface area contributed by atoms with Crippen molar-refractivity contribution in [2.45, 2.75) is 122 Å². The molecule has 0 unspecified atom stereocenters. The van der Waals surface area contributed by atoms with Gasteiger partial charge in [-0.1, -0.05) is 107 Å². The van der Waals surface area contributed by atoms with E-state index in [1.54, 1.807) is 0 Å². The third-order valence-electron chi connectivity index (χ3n) is 7.46. The van der Waals surface area contributed by atoms with Gasteiger partial charge in [0.25, 0.3) is 0 Å². The van der Waals surface area contributed by atoms with E-state index in [0.717, 1.165) is 48.8 Å². The molecule has 0 bridgehead atoms. The number of carbonyl (C=O) groups is 1. The van der Waals surface area contributed by atoms with E-state index in [4.69, 9.17) is 9.26 Å². The first-order chi connectivity index (χ1) is 21.3. The van der Waals surface area contributed by atoms with E-state index >= 15 is 0 Å². The lowest BCUT2D eigenvalue weighted by atomic mass is 10.1. The molecule has 2 rings (SSSR count). The van der Waals surface area contributed by atoms with Gasteiger partial charge in [-0.05, 0) is 67.3 Å². The van der Waals surface area contributed by atoms with Gasteiger partial charge < -0.3 is 15.2 Å². The largest absolute Gasteiger partial charge is 0.567 e. The minimum Gasteiger partial charge on any atom is -0.489 e. The topological polar surface area (TPSA) is 128 Å². The lowest BCUT2D eigenvalue weighted by molar-refractivity contribution is -0.122. The first kappa shape index (κ1) is 37.9. The molecular weight excluding hydrogens is 577 g/mol. The summed E-state index contributed by atoms with van der Waals surface area (Å²) >= 11 is 0. The highest BCUT2D eigenvalue weighted by atomic mass is 31.2. The number of unbranched alkanes of at least 4 members (excludes halogenated alkanes) is 11. The van der Waals surface area contributed by atoms with E-state index < -0.39 is 14.2 Å². The Labute approximate surface area is 265 Å². The molecule has 2 aromatic rings. The van der Waals surface area contributed by atoms with Crippen LogP contribution in [-0.2, 0) is 29.0 Å². The molecule has 0 spiro atoms. The second-order valence-electron chi connectivity index (χ2n) is 11.5. The monoisotopic (exact) mass is 632 g/mol. The van der Waals surface area contributed by atoms with Crippen LogP contribution in [0.15, 0.2) is 60.7 Å². The van der Waals surface area contributed by atoms with E-state index in [1.165, 1.54) is 51.4 Å². The van der Waals surface area contributed by atoms with Crippen LogP contribution in [0.3, 0.4) is 0 Å². The van der Waals surface area contributed by atoms with Gasteiger partial charge in [-0.2, -0.15) is 19.2 Å². The van der Waals surface area contributed by atoms with Crippen LogP contribution in [0.1, 0.15) is 114 Å². The number of carbonyl (C=O) groups excluding carboxylic acids is 1. The Balaban J connectivity index is 1.66. The number of hydrogen-bond donors (Lipinski definition) is 5. The molecule has 5 N–H and O–H groups in total. The van der Waals surface area contributed by atoms with Gasteiger partial charge in [0.2, 0.25) is 5.91 Å². The van der Waals surface area contributed by atoms with Gasteiger partial charge >= 0.3 is 8.17 Å². The van der Waals surface area contributed by atoms with Gasteiger partial charge in [-0.3, -0.25) is 4.79 Å². The smallest absolute Gasteiger partial charge is 0.489 e. The van der Waals surface area contributed by atoms with E-state index in [1.807, 2.05) is 48.5 Å². The number of nitrogens with one attached hydrogen (secondary N) is 1. The lowest BCUT2D eigenvalue weighted by Gasteiger charge is -2.18. The van der Waals surface area contributed by atoms with Crippen LogP contribution in [0.5, 0.6) is 5.75 Å². The predicted molar refractivity (Wildman–Crippen MR) is 178 cm³/mol. The standard InChI is InChI=1S/C35H54NO7P/c1-2-3-4-5-6-7-8-9-10-11-12-13-14-15-16-20-35(38)36-33(29-43-44(39,40)41)26-30-21-23-34(24-22-30)42-28-32-19-17-18-31(25-32)27-37/h9-10,17-19,21-25,33,37,39-41H,2-8,11-16,20,26-29H2,1H3/p+1/b10-9-/t33-/m0/s1. The van der Waals surface area contributed by atoms with E-state index in [9.17, 15) is 24.6 Å². The number of amides is 1. The number of hydrogen-bond acceptors (Lipinski definition) is 7. The second-order valence-corrected chi connectivity index (χ2v) is 12.8. The van der Waals surface area contributed by atoms with Crippen LogP contribution in [0.4, 0.5) is 0 Å². The highest BCUT2D eigenvalue weighted by Crippen LogP contribution is 2.45. The van der Waals surface area contributed by atoms with Crippen molar-refractivity contribution in [3.8, 4) is 5.75 Å². The zero-order valence-electron chi connectivity index (χ0n) is 26.5. The summed E-state index contributed by atoms with van der Waals surface area (Å²) in [6.07, 6.45) is 20.9. The summed E-state index contributed by atoms with van der Waals surface area (Å²) in [5, 5.41) is 12.2. The minimum atomic E-state index is -4.42. The summed E-state index contributed by atoms with van der Waals surface area (Å²) in [6, 6.07) is 14.4. The molecule has 0 aliphatic carbocycles. The molecule has 2 aromatic carbocycles. The zero-order valence-corrected chi connectivity index (χ0v) is 27.4. The maximum absolute atomic E-state index is 12.6. The van der Waals surface area contributed by atoms with E-state index in [-0.39, 0.29) is 19.1 Å². The van der Waals surface area contributed by atoms with Gasteiger partial charge in [0, 0.05) is 6.42 Å². The molecule has 0 heterocycles. The summed E-state index contributed by atoms with van der Waals surface area (Å²) in [4.78, 5) is 40.5. The molecule has 0 aliphatic rings. The van der Waals surface area contributed by atoms with Crippen molar-refractivity contribution < 1.29 is 33.8 Å². The fourth-order valence-electron chi connectivity index (χ4n) is 4.99. The molecule has 8 nitrogen and oxygen atoms in total. The molecule has 44 heavy (non-hydrogen) atoms. The summed E-state index contributed by atoms with van der Waals surface area (Å²) in [5.41, 5.74) is 2.68. The van der Waals surface area contributed by atoms with Gasteiger partial charge in [0.05, 0.1) is 12.6 Å². The molecule has 1 atom stereocenters. The normalized spacial score (nSPS) is 12.5.